The second-order valence-electron chi connectivity index (χ2n) is 12.6. The fraction of sp³-hybridized carbons (Fsp3) is 0.636. The van der Waals surface area contributed by atoms with E-state index < -0.39 is 12.1 Å². The molecule has 4 rings (SSSR count). The van der Waals surface area contributed by atoms with Crippen LogP contribution in [0.4, 0.5) is 0 Å². The van der Waals surface area contributed by atoms with Crippen LogP contribution in [0.2, 0.25) is 0 Å². The van der Waals surface area contributed by atoms with Crippen LogP contribution in [0.5, 0.6) is 11.5 Å². The maximum absolute atomic E-state index is 13.3. The molecule has 3 aliphatic rings. The van der Waals surface area contributed by atoms with Gasteiger partial charge in [-0.2, -0.15) is 0 Å². The molecule has 0 aromatic heterocycles. The van der Waals surface area contributed by atoms with E-state index in [1.807, 2.05) is 45.8 Å². The SMILES string of the molecule is CCC(C)C(NC(=O)C(C(C)CC)N(C)C)C(=O)NC=Cc1cc(OC2CC3C(=O)N4CCCC4C(=O)N3C2)ccc1OC. The molecule has 0 radical (unpaired) electrons. The van der Waals surface area contributed by atoms with E-state index in [9.17, 15) is 19.2 Å². The van der Waals surface area contributed by atoms with Gasteiger partial charge in [0.1, 0.15) is 35.7 Å². The first-order chi connectivity index (χ1) is 21.0. The average Bonchev–Trinajstić information content (AvgIpc) is 3.67. The van der Waals surface area contributed by atoms with Crippen molar-refractivity contribution in [3.63, 3.8) is 0 Å². The number of likely N-dealkylation sites (N-methyl/N-ethyl adjacent to an activating group) is 1. The number of nitrogens with one attached hydrogen (secondary N) is 2. The van der Waals surface area contributed by atoms with Crippen molar-refractivity contribution >= 4 is 29.7 Å². The minimum absolute atomic E-state index is 0.0243. The molecule has 0 bridgehead atoms. The van der Waals surface area contributed by atoms with Crippen molar-refractivity contribution in [2.45, 2.75) is 90.1 Å². The smallest absolute Gasteiger partial charge is 0.246 e. The highest BCUT2D eigenvalue weighted by molar-refractivity contribution is 5.98. The first-order valence-corrected chi connectivity index (χ1v) is 15.9. The van der Waals surface area contributed by atoms with Crippen molar-refractivity contribution < 1.29 is 28.7 Å². The summed E-state index contributed by atoms with van der Waals surface area (Å²) >= 11 is 0. The summed E-state index contributed by atoms with van der Waals surface area (Å²) < 4.78 is 11.8. The van der Waals surface area contributed by atoms with E-state index in [1.165, 1.54) is 0 Å². The van der Waals surface area contributed by atoms with Gasteiger partial charge >= 0.3 is 0 Å². The highest BCUT2D eigenvalue weighted by Crippen LogP contribution is 2.34. The molecule has 7 unspecified atom stereocenters. The van der Waals surface area contributed by atoms with Crippen LogP contribution in [0.15, 0.2) is 24.4 Å². The first-order valence-electron chi connectivity index (χ1n) is 15.9. The van der Waals surface area contributed by atoms with Crippen molar-refractivity contribution in [3.8, 4) is 11.5 Å². The van der Waals surface area contributed by atoms with Crippen molar-refractivity contribution in [1.82, 2.24) is 25.3 Å². The van der Waals surface area contributed by atoms with E-state index in [0.29, 0.717) is 36.6 Å². The predicted molar refractivity (Wildman–Crippen MR) is 168 cm³/mol. The third kappa shape index (κ3) is 7.03. The van der Waals surface area contributed by atoms with Gasteiger partial charge in [0.05, 0.1) is 19.7 Å². The standard InChI is InChI=1S/C33H49N5O6/c1-8-20(3)28(35-31(40)29(36(5)6)21(4)9-2)30(39)34-15-14-22-17-23(12-13-27(22)43-7)44-24-18-26-33(42)37-16-10-11-25(37)32(41)38(26)19-24/h12-15,17,20-21,24-26,28-29H,8-11,16,18-19H2,1-7H3,(H,34,39)(H,35,40). The Bertz CT molecular complexity index is 1220. The Hall–Kier alpha value is -3.60. The molecule has 44 heavy (non-hydrogen) atoms. The zero-order valence-electron chi connectivity index (χ0n) is 27.2. The summed E-state index contributed by atoms with van der Waals surface area (Å²) in [4.78, 5) is 57.9. The van der Waals surface area contributed by atoms with Crippen LogP contribution in [0.1, 0.15) is 65.4 Å². The highest BCUT2D eigenvalue weighted by Gasteiger charge is 2.52. The number of fused-ring (bicyclic) bond motifs is 2. The van der Waals surface area contributed by atoms with Gasteiger partial charge in [-0.3, -0.25) is 24.1 Å². The summed E-state index contributed by atoms with van der Waals surface area (Å²) in [5, 5.41) is 5.84. The van der Waals surface area contributed by atoms with Crippen molar-refractivity contribution in [2.75, 3.05) is 34.3 Å². The van der Waals surface area contributed by atoms with Gasteiger partial charge < -0.3 is 29.9 Å². The summed E-state index contributed by atoms with van der Waals surface area (Å²) in [6.07, 6.45) is 6.58. The number of nitrogens with zero attached hydrogens (tertiary/aromatic N) is 3. The molecule has 3 heterocycles. The molecule has 3 aliphatic heterocycles. The largest absolute Gasteiger partial charge is 0.496 e. The lowest BCUT2D eigenvalue weighted by Gasteiger charge is -2.38. The van der Waals surface area contributed by atoms with Gasteiger partial charge in [-0.15, -0.1) is 0 Å². The number of hydrogen-bond donors (Lipinski definition) is 2. The number of carbonyl (C=O) groups excluding carboxylic acids is 4. The lowest BCUT2D eigenvalue weighted by atomic mass is 9.94. The summed E-state index contributed by atoms with van der Waals surface area (Å²) in [5.74, 6) is 0.822. The van der Waals surface area contributed by atoms with Gasteiger partial charge in [0.2, 0.25) is 23.6 Å². The van der Waals surface area contributed by atoms with Gasteiger partial charge in [0, 0.05) is 24.7 Å². The van der Waals surface area contributed by atoms with Gasteiger partial charge in [-0.05, 0) is 63.0 Å². The van der Waals surface area contributed by atoms with Crippen molar-refractivity contribution in [1.29, 1.82) is 0 Å². The van der Waals surface area contributed by atoms with Crippen LogP contribution in [0.25, 0.3) is 6.08 Å². The summed E-state index contributed by atoms with van der Waals surface area (Å²) in [6.45, 7) is 9.06. The number of carbonyl (C=O) groups is 4. The Morgan fingerprint density at radius 2 is 1.75 bits per heavy atom. The van der Waals surface area contributed by atoms with Crippen LogP contribution in [-0.2, 0) is 19.2 Å². The molecule has 0 aliphatic carbocycles. The predicted octanol–water partition coefficient (Wildman–Crippen LogP) is 2.64. The van der Waals surface area contributed by atoms with E-state index in [4.69, 9.17) is 9.47 Å². The second-order valence-corrected chi connectivity index (χ2v) is 12.6. The second kappa shape index (κ2) is 14.5. The molecule has 1 aromatic rings. The normalized spacial score (nSPS) is 24.1. The lowest BCUT2D eigenvalue weighted by Crippen LogP contribution is -2.60. The molecular formula is C33H49N5O6. The number of rotatable bonds is 13. The third-order valence-corrected chi connectivity index (χ3v) is 9.45. The van der Waals surface area contributed by atoms with E-state index in [-0.39, 0.29) is 53.7 Å². The highest BCUT2D eigenvalue weighted by atomic mass is 16.5. The van der Waals surface area contributed by atoms with E-state index in [1.54, 1.807) is 41.3 Å². The Kier molecular flexibility index (Phi) is 10.9. The molecule has 4 amide bonds. The van der Waals surface area contributed by atoms with E-state index in [0.717, 1.165) is 25.7 Å². The fourth-order valence-corrected chi connectivity index (χ4v) is 6.61. The summed E-state index contributed by atoms with van der Waals surface area (Å²) in [7, 11) is 5.32. The number of ether oxygens (including phenoxy) is 2. The number of hydrogen-bond acceptors (Lipinski definition) is 7. The third-order valence-electron chi connectivity index (χ3n) is 9.45. The molecule has 242 valence electrons. The number of methoxy groups -OCH3 is 1. The summed E-state index contributed by atoms with van der Waals surface area (Å²) in [5.41, 5.74) is 0.683. The number of piperazine rings is 1. The molecule has 3 fully saturated rings. The van der Waals surface area contributed by atoms with Gasteiger partial charge in [-0.1, -0.05) is 40.5 Å². The molecule has 1 aromatic carbocycles. The molecule has 0 saturated carbocycles. The fourth-order valence-electron chi connectivity index (χ4n) is 6.61. The molecule has 7 atom stereocenters. The van der Waals surface area contributed by atoms with Crippen LogP contribution in [0, 0.1) is 11.8 Å². The Balaban J connectivity index is 1.42. The topological polar surface area (TPSA) is 121 Å². The zero-order chi connectivity index (χ0) is 32.1. The maximum Gasteiger partial charge on any atom is 0.246 e. The van der Waals surface area contributed by atoms with Crippen molar-refractivity contribution in [3.05, 3.63) is 30.0 Å². The minimum atomic E-state index is -0.692. The van der Waals surface area contributed by atoms with Gasteiger partial charge in [-0.25, -0.2) is 0 Å². The Labute approximate surface area is 261 Å². The molecule has 2 N–H and O–H groups in total. The van der Waals surface area contributed by atoms with Gasteiger partial charge in [0.25, 0.3) is 0 Å². The Morgan fingerprint density at radius 3 is 2.41 bits per heavy atom. The van der Waals surface area contributed by atoms with Crippen molar-refractivity contribution in [2.24, 2.45) is 11.8 Å². The zero-order valence-corrected chi connectivity index (χ0v) is 27.2. The van der Waals surface area contributed by atoms with Crippen LogP contribution >= 0.6 is 0 Å². The van der Waals surface area contributed by atoms with E-state index >= 15 is 0 Å². The Morgan fingerprint density at radius 1 is 1.05 bits per heavy atom. The number of amides is 4. The average molecular weight is 612 g/mol. The quantitative estimate of drug-likeness (QED) is 0.352. The lowest BCUT2D eigenvalue weighted by molar-refractivity contribution is -0.156. The van der Waals surface area contributed by atoms with Crippen LogP contribution in [0.3, 0.4) is 0 Å². The molecule has 0 spiro atoms. The molecule has 3 saturated heterocycles. The van der Waals surface area contributed by atoms with Gasteiger partial charge in [0.15, 0.2) is 0 Å². The molecule has 11 nitrogen and oxygen atoms in total. The maximum atomic E-state index is 13.3. The first kappa shape index (κ1) is 33.3. The molecule has 11 heteroatoms. The molecular weight excluding hydrogens is 562 g/mol. The number of benzene rings is 1. The van der Waals surface area contributed by atoms with E-state index in [2.05, 4.69) is 17.6 Å². The van der Waals surface area contributed by atoms with Crippen LogP contribution in [-0.4, -0.2) is 103 Å². The van der Waals surface area contributed by atoms with Crippen LogP contribution < -0.4 is 20.1 Å². The minimum Gasteiger partial charge on any atom is -0.496 e. The summed E-state index contributed by atoms with van der Waals surface area (Å²) in [6, 6.07) is 3.56. The monoisotopic (exact) mass is 611 g/mol.